The van der Waals surface area contributed by atoms with Crippen molar-refractivity contribution in [2.75, 3.05) is 14.1 Å². The molecule has 24 heavy (non-hydrogen) atoms. The number of benzene rings is 1. The van der Waals surface area contributed by atoms with Crippen molar-refractivity contribution in [2.45, 2.75) is 44.1 Å². The van der Waals surface area contributed by atoms with E-state index in [0.29, 0.717) is 30.4 Å². The predicted molar refractivity (Wildman–Crippen MR) is 105 cm³/mol. The molecule has 0 aromatic heterocycles. The minimum Gasteiger partial charge on any atom is -0.373 e. The maximum atomic E-state index is 11.5. The van der Waals surface area contributed by atoms with Crippen molar-refractivity contribution in [3.05, 3.63) is 35.4 Å². The highest BCUT2D eigenvalue weighted by molar-refractivity contribution is 14.0. The molecule has 6 nitrogen and oxygen atoms in total. The molecule has 2 heterocycles. The zero-order valence-electron chi connectivity index (χ0n) is 14.0. The lowest BCUT2D eigenvalue weighted by Crippen LogP contribution is -2.47. The molecule has 3 unspecified atom stereocenters. The van der Waals surface area contributed by atoms with Gasteiger partial charge in [-0.3, -0.25) is 9.79 Å². The van der Waals surface area contributed by atoms with Gasteiger partial charge >= 0.3 is 0 Å². The van der Waals surface area contributed by atoms with Gasteiger partial charge in [-0.05, 0) is 37.0 Å². The largest absolute Gasteiger partial charge is 0.373 e. The molecule has 1 amide bonds. The van der Waals surface area contributed by atoms with Crippen molar-refractivity contribution in [1.29, 1.82) is 0 Å². The third-order valence-corrected chi connectivity index (χ3v) is 4.55. The van der Waals surface area contributed by atoms with E-state index in [4.69, 9.17) is 4.74 Å². The van der Waals surface area contributed by atoms with Gasteiger partial charge in [-0.25, -0.2) is 0 Å². The molecule has 2 saturated heterocycles. The summed E-state index contributed by atoms with van der Waals surface area (Å²) in [4.78, 5) is 15.8. The van der Waals surface area contributed by atoms with Gasteiger partial charge < -0.3 is 20.7 Å². The molecule has 7 heteroatoms. The molecule has 2 fully saturated rings. The SMILES string of the molecule is CN=C(NCc1ccc(C(=O)NC)cc1)NC1CC2CCC1O2.I. The van der Waals surface area contributed by atoms with Gasteiger partial charge in [0.1, 0.15) is 0 Å². The quantitative estimate of drug-likeness (QED) is 0.375. The lowest BCUT2D eigenvalue weighted by Gasteiger charge is -2.22. The summed E-state index contributed by atoms with van der Waals surface area (Å²) in [6.45, 7) is 0.662. The summed E-state index contributed by atoms with van der Waals surface area (Å²) < 4.78 is 5.86. The van der Waals surface area contributed by atoms with Crippen molar-refractivity contribution >= 4 is 35.8 Å². The molecular weight excluding hydrogens is 419 g/mol. The first-order valence-corrected chi connectivity index (χ1v) is 8.13. The number of carbonyl (C=O) groups is 1. The van der Waals surface area contributed by atoms with Gasteiger partial charge in [0.15, 0.2) is 5.96 Å². The Kier molecular flexibility index (Phi) is 6.85. The van der Waals surface area contributed by atoms with Crippen LogP contribution in [0.5, 0.6) is 0 Å². The van der Waals surface area contributed by atoms with Gasteiger partial charge in [0.25, 0.3) is 5.91 Å². The Morgan fingerprint density at radius 1 is 1.29 bits per heavy atom. The fourth-order valence-electron chi connectivity index (χ4n) is 3.26. The van der Waals surface area contributed by atoms with Crippen molar-refractivity contribution in [3.63, 3.8) is 0 Å². The highest BCUT2D eigenvalue weighted by Crippen LogP contribution is 2.34. The Morgan fingerprint density at radius 2 is 2.04 bits per heavy atom. The zero-order valence-corrected chi connectivity index (χ0v) is 16.4. The molecule has 1 aromatic rings. The van der Waals surface area contributed by atoms with Gasteiger partial charge in [0.05, 0.1) is 18.2 Å². The van der Waals surface area contributed by atoms with Crippen LogP contribution < -0.4 is 16.0 Å². The zero-order chi connectivity index (χ0) is 16.2. The predicted octanol–water partition coefficient (Wildman–Crippen LogP) is 1.65. The summed E-state index contributed by atoms with van der Waals surface area (Å²) in [5.74, 6) is 0.722. The van der Waals surface area contributed by atoms with E-state index in [1.54, 1.807) is 14.1 Å². The molecule has 2 aliphatic rings. The number of amides is 1. The van der Waals surface area contributed by atoms with Crippen LogP contribution in [0.1, 0.15) is 35.2 Å². The molecule has 132 valence electrons. The number of rotatable bonds is 4. The molecule has 3 rings (SSSR count). The molecule has 0 aliphatic carbocycles. The minimum absolute atomic E-state index is 0. The number of halogens is 1. The second-order valence-corrected chi connectivity index (χ2v) is 6.06. The van der Waals surface area contributed by atoms with Crippen LogP contribution in [-0.2, 0) is 11.3 Å². The molecular formula is C17H25IN4O2. The average Bonchev–Trinajstić information content (AvgIpc) is 3.21. The third kappa shape index (κ3) is 4.38. The summed E-state index contributed by atoms with van der Waals surface area (Å²) >= 11 is 0. The first-order valence-electron chi connectivity index (χ1n) is 8.13. The van der Waals surface area contributed by atoms with Crippen molar-refractivity contribution < 1.29 is 9.53 Å². The van der Waals surface area contributed by atoms with Crippen LogP contribution in [0.4, 0.5) is 0 Å². The number of hydrogen-bond acceptors (Lipinski definition) is 3. The number of carbonyl (C=O) groups excluding carboxylic acids is 1. The van der Waals surface area contributed by atoms with Gasteiger partial charge in [0, 0.05) is 26.2 Å². The lowest BCUT2D eigenvalue weighted by atomic mass is 9.96. The van der Waals surface area contributed by atoms with E-state index >= 15 is 0 Å². The van der Waals surface area contributed by atoms with E-state index in [1.807, 2.05) is 24.3 Å². The number of fused-ring (bicyclic) bond motifs is 2. The Labute approximate surface area is 159 Å². The fraction of sp³-hybridized carbons (Fsp3) is 0.529. The fourth-order valence-corrected chi connectivity index (χ4v) is 3.26. The maximum absolute atomic E-state index is 11.5. The van der Waals surface area contributed by atoms with Crippen molar-refractivity contribution in [1.82, 2.24) is 16.0 Å². The average molecular weight is 444 g/mol. The number of ether oxygens (including phenoxy) is 1. The minimum atomic E-state index is -0.0710. The molecule has 3 N–H and O–H groups in total. The molecule has 0 saturated carbocycles. The number of nitrogens with one attached hydrogen (secondary N) is 3. The second kappa shape index (κ2) is 8.66. The Bertz CT molecular complexity index is 591. The second-order valence-electron chi connectivity index (χ2n) is 6.06. The van der Waals surface area contributed by atoms with Gasteiger partial charge in [-0.2, -0.15) is 0 Å². The van der Waals surface area contributed by atoms with Crippen LogP contribution in [0, 0.1) is 0 Å². The van der Waals surface area contributed by atoms with E-state index in [0.717, 1.165) is 24.4 Å². The van der Waals surface area contributed by atoms with Crippen LogP contribution in [0.2, 0.25) is 0 Å². The summed E-state index contributed by atoms with van der Waals surface area (Å²) in [5.41, 5.74) is 1.77. The van der Waals surface area contributed by atoms with Gasteiger partial charge in [-0.1, -0.05) is 12.1 Å². The van der Waals surface area contributed by atoms with E-state index < -0.39 is 0 Å². The highest BCUT2D eigenvalue weighted by atomic mass is 127. The number of aliphatic imine (C=N–C) groups is 1. The van der Waals surface area contributed by atoms with E-state index in [9.17, 15) is 4.79 Å². The van der Waals surface area contributed by atoms with E-state index in [1.165, 1.54) is 6.42 Å². The van der Waals surface area contributed by atoms with Gasteiger partial charge in [0.2, 0.25) is 0 Å². The third-order valence-electron chi connectivity index (χ3n) is 4.55. The first kappa shape index (κ1) is 19.0. The Hall–Kier alpha value is -1.35. The Balaban J connectivity index is 0.00000208. The van der Waals surface area contributed by atoms with Crippen molar-refractivity contribution in [3.8, 4) is 0 Å². The summed E-state index contributed by atoms with van der Waals surface area (Å²) in [7, 11) is 3.41. The van der Waals surface area contributed by atoms with Crippen LogP contribution in [0.15, 0.2) is 29.3 Å². The number of guanidine groups is 1. The molecule has 2 bridgehead atoms. The summed E-state index contributed by atoms with van der Waals surface area (Å²) in [6, 6.07) is 7.92. The molecule has 1 aromatic carbocycles. The lowest BCUT2D eigenvalue weighted by molar-refractivity contribution is 0.0962. The van der Waals surface area contributed by atoms with E-state index in [-0.39, 0.29) is 29.9 Å². The van der Waals surface area contributed by atoms with Crippen LogP contribution >= 0.6 is 24.0 Å². The number of hydrogen-bond donors (Lipinski definition) is 3. The maximum Gasteiger partial charge on any atom is 0.251 e. The van der Waals surface area contributed by atoms with E-state index in [2.05, 4.69) is 20.9 Å². The summed E-state index contributed by atoms with van der Waals surface area (Å²) in [5, 5.41) is 9.39. The topological polar surface area (TPSA) is 74.8 Å². The monoisotopic (exact) mass is 444 g/mol. The normalized spacial score (nSPS) is 25.1. The molecule has 0 spiro atoms. The standard InChI is InChI=1S/C17H24N4O2.HI/c1-18-16(22)12-5-3-11(4-6-12)10-20-17(19-2)21-14-9-13-7-8-15(14)23-13;/h3-6,13-15H,7-10H2,1-2H3,(H,18,22)(H2,19,20,21);1H. The van der Waals surface area contributed by atoms with Crippen LogP contribution in [0.3, 0.4) is 0 Å². The first-order chi connectivity index (χ1) is 11.2. The molecule has 3 atom stereocenters. The van der Waals surface area contributed by atoms with Crippen molar-refractivity contribution in [2.24, 2.45) is 4.99 Å². The summed E-state index contributed by atoms with van der Waals surface area (Å²) in [6.07, 6.45) is 4.14. The highest BCUT2D eigenvalue weighted by Gasteiger charge is 2.41. The number of nitrogens with zero attached hydrogens (tertiary/aromatic N) is 1. The van der Waals surface area contributed by atoms with Gasteiger partial charge in [-0.15, -0.1) is 24.0 Å². The van der Waals surface area contributed by atoms with Crippen LogP contribution in [-0.4, -0.2) is 44.2 Å². The molecule has 2 aliphatic heterocycles. The van der Waals surface area contributed by atoms with Crippen LogP contribution in [0.25, 0.3) is 0 Å². The Morgan fingerprint density at radius 3 is 2.58 bits per heavy atom. The molecule has 0 radical (unpaired) electrons. The smallest absolute Gasteiger partial charge is 0.251 e.